The number of aliphatic carboxylic acids is 1. The van der Waals surface area contributed by atoms with Crippen molar-refractivity contribution < 1.29 is 38.6 Å². The predicted octanol–water partition coefficient (Wildman–Crippen LogP) is -2.60. The van der Waals surface area contributed by atoms with Gasteiger partial charge in [-0.05, 0) is 37.1 Å². The molecule has 116 valence electrons. The van der Waals surface area contributed by atoms with Gasteiger partial charge in [0, 0.05) is 21.7 Å². The maximum atomic E-state index is 12.3. The third kappa shape index (κ3) is 2.77. The molecule has 0 saturated heterocycles. The summed E-state index contributed by atoms with van der Waals surface area (Å²) in [6, 6.07) is 8.28. The van der Waals surface area contributed by atoms with Crippen LogP contribution in [0.1, 0.15) is 23.2 Å². The summed E-state index contributed by atoms with van der Waals surface area (Å²) in [6.07, 6.45) is 1.22. The Morgan fingerprint density at radius 1 is 1.42 bits per heavy atom. The van der Waals surface area contributed by atoms with E-state index >= 15 is 0 Å². The number of nitriles is 1. The van der Waals surface area contributed by atoms with Crippen molar-refractivity contribution in [3.63, 3.8) is 0 Å². The summed E-state index contributed by atoms with van der Waals surface area (Å²) in [5.74, 6) is -1.70. The molecule has 0 spiro atoms. The van der Waals surface area contributed by atoms with E-state index in [1.807, 2.05) is 6.07 Å². The standard InChI is InChI=1S/C16H11ClN2O4.Li/c17-12-2-1-10(7-18)13(6-12)11-5-9-3-4-16(22,15(20)21)14(9)19(23)8-11;/h1-2,5-6,8,22H,3-4H2,(H,20,21);/q;+1/p-1. The first kappa shape index (κ1) is 18.3. The van der Waals surface area contributed by atoms with Crippen LogP contribution in [0.3, 0.4) is 0 Å². The summed E-state index contributed by atoms with van der Waals surface area (Å²) in [7, 11) is 0. The maximum Gasteiger partial charge on any atom is 1.00 e. The van der Waals surface area contributed by atoms with Crippen LogP contribution in [0.4, 0.5) is 0 Å². The third-order valence-corrected chi connectivity index (χ3v) is 4.24. The molecule has 3 rings (SSSR count). The fourth-order valence-corrected chi connectivity index (χ4v) is 3.07. The van der Waals surface area contributed by atoms with Crippen molar-refractivity contribution in [2.24, 2.45) is 0 Å². The third-order valence-electron chi connectivity index (χ3n) is 4.01. The van der Waals surface area contributed by atoms with Crippen molar-refractivity contribution in [2.45, 2.75) is 18.4 Å². The Morgan fingerprint density at radius 2 is 2.12 bits per heavy atom. The van der Waals surface area contributed by atoms with Gasteiger partial charge >= 0.3 is 18.9 Å². The molecule has 8 heteroatoms. The zero-order valence-electron chi connectivity index (χ0n) is 12.7. The average molecular weight is 337 g/mol. The molecule has 0 bridgehead atoms. The Bertz CT molecular complexity index is 881. The smallest absolute Gasteiger partial charge is 0.618 e. The SMILES string of the molecule is N#Cc1ccc(Cl)cc1-c1cc2c([n+]([O-])c1)C(O)(C(=O)[O-])CC2.[Li+]. The van der Waals surface area contributed by atoms with Gasteiger partial charge in [-0.1, -0.05) is 11.6 Å². The van der Waals surface area contributed by atoms with Gasteiger partial charge in [-0.3, -0.25) is 0 Å². The number of nitrogens with zero attached hydrogens (tertiary/aromatic N) is 2. The Kier molecular flexibility index (Phi) is 4.94. The molecule has 0 radical (unpaired) electrons. The summed E-state index contributed by atoms with van der Waals surface area (Å²) in [5.41, 5.74) is -0.879. The van der Waals surface area contributed by atoms with E-state index in [0.717, 1.165) is 6.20 Å². The zero-order chi connectivity index (χ0) is 16.8. The Morgan fingerprint density at radius 3 is 2.75 bits per heavy atom. The second kappa shape index (κ2) is 6.47. The van der Waals surface area contributed by atoms with E-state index in [1.54, 1.807) is 18.2 Å². The number of benzene rings is 1. The van der Waals surface area contributed by atoms with Crippen molar-refractivity contribution in [3.8, 4) is 17.2 Å². The quantitative estimate of drug-likeness (QED) is 0.367. The molecule has 0 aliphatic heterocycles. The number of aryl methyl sites for hydroxylation is 1. The molecule has 24 heavy (non-hydrogen) atoms. The normalized spacial score (nSPS) is 18.4. The molecule has 2 aromatic rings. The number of hydrogen-bond donors (Lipinski definition) is 1. The molecule has 1 aromatic heterocycles. The van der Waals surface area contributed by atoms with E-state index in [0.29, 0.717) is 32.0 Å². The van der Waals surface area contributed by atoms with Gasteiger partial charge in [-0.15, -0.1) is 0 Å². The Hall–Kier alpha value is -2.02. The Balaban J connectivity index is 0.00000208. The number of rotatable bonds is 2. The van der Waals surface area contributed by atoms with Crippen LogP contribution in [-0.4, -0.2) is 11.1 Å². The second-order valence-electron chi connectivity index (χ2n) is 5.38. The minimum absolute atomic E-state index is 0. The largest absolute Gasteiger partial charge is 1.00 e. The fraction of sp³-hybridized carbons (Fsp3) is 0.188. The number of aliphatic hydroxyl groups is 1. The van der Waals surface area contributed by atoms with Gasteiger partial charge in [0.1, 0.15) is 0 Å². The topological polar surface area (TPSA) is 111 Å². The number of carbonyl (C=O) groups is 1. The van der Waals surface area contributed by atoms with Crippen LogP contribution in [0, 0.1) is 16.5 Å². The molecule has 1 atom stereocenters. The Labute approximate surface area is 154 Å². The first-order valence-electron chi connectivity index (χ1n) is 6.77. The number of carboxylic acid groups (broad SMARTS) is 1. The molecule has 1 aromatic carbocycles. The van der Waals surface area contributed by atoms with Gasteiger partial charge < -0.3 is 20.2 Å². The van der Waals surface area contributed by atoms with Crippen molar-refractivity contribution in [2.75, 3.05) is 0 Å². The fourth-order valence-electron chi connectivity index (χ4n) is 2.90. The molecule has 1 aliphatic rings. The van der Waals surface area contributed by atoms with E-state index in [4.69, 9.17) is 11.6 Å². The molecule has 0 amide bonds. The second-order valence-corrected chi connectivity index (χ2v) is 5.81. The van der Waals surface area contributed by atoms with Crippen LogP contribution in [0.15, 0.2) is 30.5 Å². The minimum Gasteiger partial charge on any atom is -0.618 e. The number of pyridine rings is 1. The summed E-state index contributed by atoms with van der Waals surface area (Å²) in [5, 5.41) is 43.2. The van der Waals surface area contributed by atoms with E-state index in [1.165, 1.54) is 6.07 Å². The number of hydrogen-bond acceptors (Lipinski definition) is 5. The van der Waals surface area contributed by atoms with E-state index in [9.17, 15) is 25.5 Å². The molecule has 1 aliphatic carbocycles. The van der Waals surface area contributed by atoms with E-state index in [-0.39, 0.29) is 37.4 Å². The summed E-state index contributed by atoms with van der Waals surface area (Å²) in [6.45, 7) is 0. The van der Waals surface area contributed by atoms with Gasteiger partial charge in [0.2, 0.25) is 5.69 Å². The minimum atomic E-state index is -2.29. The van der Waals surface area contributed by atoms with Crippen LogP contribution < -0.4 is 28.7 Å². The summed E-state index contributed by atoms with van der Waals surface area (Å²) >= 11 is 5.95. The molecular weight excluding hydrogens is 327 g/mol. The van der Waals surface area contributed by atoms with Crippen molar-refractivity contribution in [3.05, 3.63) is 57.5 Å². The first-order valence-corrected chi connectivity index (χ1v) is 7.15. The van der Waals surface area contributed by atoms with Gasteiger partial charge in [0.05, 0.1) is 17.6 Å². The van der Waals surface area contributed by atoms with Crippen molar-refractivity contribution >= 4 is 17.6 Å². The summed E-state index contributed by atoms with van der Waals surface area (Å²) < 4.78 is 0.329. The molecule has 0 fully saturated rings. The van der Waals surface area contributed by atoms with Crippen LogP contribution >= 0.6 is 11.6 Å². The van der Waals surface area contributed by atoms with Crippen LogP contribution in [-0.2, 0) is 16.8 Å². The number of fused-ring (bicyclic) bond motifs is 1. The van der Waals surface area contributed by atoms with E-state index < -0.39 is 11.6 Å². The zero-order valence-corrected chi connectivity index (χ0v) is 13.5. The van der Waals surface area contributed by atoms with Gasteiger partial charge in [-0.2, -0.15) is 9.99 Å². The molecule has 0 saturated carbocycles. The monoisotopic (exact) mass is 336 g/mol. The first-order chi connectivity index (χ1) is 10.9. The summed E-state index contributed by atoms with van der Waals surface area (Å²) in [4.78, 5) is 11.2. The van der Waals surface area contributed by atoms with Crippen LogP contribution in [0.25, 0.3) is 11.1 Å². The molecular formula is C16H10ClLiN2O4. The van der Waals surface area contributed by atoms with Gasteiger partial charge in [0.25, 0.3) is 0 Å². The predicted molar refractivity (Wildman–Crippen MR) is 77.8 cm³/mol. The van der Waals surface area contributed by atoms with Crippen molar-refractivity contribution in [1.29, 1.82) is 5.26 Å². The number of carboxylic acids is 1. The van der Waals surface area contributed by atoms with Crippen LogP contribution in [0.5, 0.6) is 0 Å². The van der Waals surface area contributed by atoms with Crippen LogP contribution in [0.2, 0.25) is 5.02 Å². The molecule has 6 nitrogen and oxygen atoms in total. The molecule has 1 unspecified atom stereocenters. The van der Waals surface area contributed by atoms with Gasteiger partial charge in [0.15, 0.2) is 11.8 Å². The van der Waals surface area contributed by atoms with E-state index in [2.05, 4.69) is 0 Å². The maximum absolute atomic E-state index is 12.3. The number of aromatic nitrogens is 1. The number of carbonyl (C=O) groups excluding carboxylic acids is 1. The molecule has 1 heterocycles. The number of halogens is 1. The van der Waals surface area contributed by atoms with Crippen molar-refractivity contribution in [1.82, 2.24) is 0 Å². The van der Waals surface area contributed by atoms with Gasteiger partial charge in [-0.25, -0.2) is 0 Å². The molecule has 1 N–H and O–H groups in total. The average Bonchev–Trinajstić information content (AvgIpc) is 2.86.